The molecule has 2 heterocycles. The van der Waals surface area contributed by atoms with Gasteiger partial charge in [0.1, 0.15) is 5.76 Å². The molecule has 0 atom stereocenters. The average Bonchev–Trinajstić information content (AvgIpc) is 3.06. The molecule has 0 unspecified atom stereocenters. The van der Waals surface area contributed by atoms with Gasteiger partial charge in [0.15, 0.2) is 11.5 Å². The van der Waals surface area contributed by atoms with E-state index in [2.05, 4.69) is 10.1 Å². The Balaban J connectivity index is 1.52. The molecule has 0 spiro atoms. The summed E-state index contributed by atoms with van der Waals surface area (Å²) in [5.74, 6) is 2.27. The van der Waals surface area contributed by atoms with Crippen LogP contribution in [-0.4, -0.2) is 61.3 Å². The molecule has 1 saturated heterocycles. The first-order valence-electron chi connectivity index (χ1n) is 8.72. The van der Waals surface area contributed by atoms with Crippen molar-refractivity contribution < 1.29 is 18.8 Å². The van der Waals surface area contributed by atoms with Gasteiger partial charge < -0.3 is 18.9 Å². The van der Waals surface area contributed by atoms with Gasteiger partial charge in [-0.05, 0) is 24.6 Å². The Hall–Kier alpha value is -2.54. The normalized spacial score (nSPS) is 15.1. The molecule has 1 aliphatic rings. The van der Waals surface area contributed by atoms with E-state index < -0.39 is 0 Å². The van der Waals surface area contributed by atoms with Crippen LogP contribution in [0.15, 0.2) is 28.8 Å². The minimum absolute atomic E-state index is 0.133. The maximum atomic E-state index is 12.6. The summed E-state index contributed by atoms with van der Waals surface area (Å²) < 4.78 is 15.6. The lowest BCUT2D eigenvalue weighted by molar-refractivity contribution is -0.132. The molecule has 0 N–H and O–H groups in total. The lowest BCUT2D eigenvalue weighted by atomic mass is 10.1. The molecule has 26 heavy (non-hydrogen) atoms. The minimum Gasteiger partial charge on any atom is -0.493 e. The zero-order valence-corrected chi connectivity index (χ0v) is 15.5. The second-order valence-electron chi connectivity index (χ2n) is 6.45. The van der Waals surface area contributed by atoms with Crippen LogP contribution < -0.4 is 9.47 Å². The van der Waals surface area contributed by atoms with Crippen LogP contribution in [0.3, 0.4) is 0 Å². The Morgan fingerprint density at radius 3 is 2.46 bits per heavy atom. The van der Waals surface area contributed by atoms with E-state index in [0.717, 1.165) is 49.7 Å². The Labute approximate surface area is 153 Å². The molecule has 1 fully saturated rings. The van der Waals surface area contributed by atoms with E-state index in [9.17, 15) is 4.79 Å². The average molecular weight is 359 g/mol. The Morgan fingerprint density at radius 2 is 1.85 bits per heavy atom. The molecule has 0 radical (unpaired) electrons. The van der Waals surface area contributed by atoms with Gasteiger partial charge in [-0.2, -0.15) is 0 Å². The number of carbonyl (C=O) groups excluding carboxylic acids is 1. The second-order valence-corrected chi connectivity index (χ2v) is 6.45. The quantitative estimate of drug-likeness (QED) is 0.785. The maximum Gasteiger partial charge on any atom is 0.227 e. The van der Waals surface area contributed by atoms with Gasteiger partial charge in [0, 0.05) is 38.8 Å². The number of carbonyl (C=O) groups is 1. The van der Waals surface area contributed by atoms with Crippen LogP contribution in [0.4, 0.5) is 0 Å². The fourth-order valence-corrected chi connectivity index (χ4v) is 3.15. The number of hydrogen-bond donors (Lipinski definition) is 0. The Morgan fingerprint density at radius 1 is 1.12 bits per heavy atom. The summed E-state index contributed by atoms with van der Waals surface area (Å²) >= 11 is 0. The number of rotatable bonds is 6. The van der Waals surface area contributed by atoms with Crippen molar-refractivity contribution in [3.8, 4) is 11.5 Å². The summed E-state index contributed by atoms with van der Waals surface area (Å²) in [5, 5.41) is 4.03. The molecule has 140 valence electrons. The molecule has 1 aromatic carbocycles. The molecular formula is C19H25N3O4. The van der Waals surface area contributed by atoms with Crippen LogP contribution in [0, 0.1) is 6.92 Å². The largest absolute Gasteiger partial charge is 0.493 e. The Bertz CT molecular complexity index is 751. The minimum atomic E-state index is 0.133. The van der Waals surface area contributed by atoms with Gasteiger partial charge in [0.2, 0.25) is 5.91 Å². The second kappa shape index (κ2) is 8.23. The van der Waals surface area contributed by atoms with E-state index in [0.29, 0.717) is 17.9 Å². The number of methoxy groups -OCH3 is 2. The fourth-order valence-electron chi connectivity index (χ4n) is 3.15. The van der Waals surface area contributed by atoms with Crippen molar-refractivity contribution in [3.05, 3.63) is 41.3 Å². The molecule has 1 aliphatic heterocycles. The molecule has 3 rings (SSSR count). The van der Waals surface area contributed by atoms with Crippen molar-refractivity contribution in [2.75, 3.05) is 40.4 Å². The van der Waals surface area contributed by atoms with E-state index in [1.54, 1.807) is 14.2 Å². The van der Waals surface area contributed by atoms with Crippen molar-refractivity contribution in [2.45, 2.75) is 19.9 Å². The van der Waals surface area contributed by atoms with Crippen LogP contribution >= 0.6 is 0 Å². The van der Waals surface area contributed by atoms with Gasteiger partial charge in [0.05, 0.1) is 26.3 Å². The third-order valence-corrected chi connectivity index (χ3v) is 4.59. The van der Waals surface area contributed by atoms with Gasteiger partial charge in [0.25, 0.3) is 0 Å². The van der Waals surface area contributed by atoms with E-state index in [1.807, 2.05) is 36.1 Å². The topological polar surface area (TPSA) is 68.0 Å². The van der Waals surface area contributed by atoms with Gasteiger partial charge >= 0.3 is 0 Å². The van der Waals surface area contributed by atoms with Gasteiger partial charge in [-0.3, -0.25) is 9.69 Å². The summed E-state index contributed by atoms with van der Waals surface area (Å²) in [6, 6.07) is 7.55. The lowest BCUT2D eigenvalue weighted by Gasteiger charge is -2.34. The lowest BCUT2D eigenvalue weighted by Crippen LogP contribution is -2.48. The van der Waals surface area contributed by atoms with Gasteiger partial charge in [-0.25, -0.2) is 0 Å². The number of aryl methyl sites for hydroxylation is 1. The van der Waals surface area contributed by atoms with Crippen LogP contribution in [-0.2, 0) is 17.8 Å². The molecule has 1 amide bonds. The molecule has 7 heteroatoms. The molecule has 0 aliphatic carbocycles. The SMILES string of the molecule is COc1ccc(CC(=O)N2CCN(Cc3cc(C)on3)CC2)cc1OC. The molecule has 0 bridgehead atoms. The molecule has 0 saturated carbocycles. The molecule has 1 aromatic heterocycles. The summed E-state index contributed by atoms with van der Waals surface area (Å²) in [7, 11) is 3.20. The number of amides is 1. The van der Waals surface area contributed by atoms with Crippen LogP contribution in [0.1, 0.15) is 17.0 Å². The first kappa shape index (κ1) is 18.3. The molecular weight excluding hydrogens is 334 g/mol. The number of ether oxygens (including phenoxy) is 2. The zero-order chi connectivity index (χ0) is 18.5. The summed E-state index contributed by atoms with van der Waals surface area (Å²) in [6.07, 6.45) is 0.364. The molecule has 2 aromatic rings. The summed E-state index contributed by atoms with van der Waals surface area (Å²) in [6.45, 7) is 5.77. The monoisotopic (exact) mass is 359 g/mol. The van der Waals surface area contributed by atoms with Crippen molar-refractivity contribution in [1.82, 2.24) is 15.0 Å². The van der Waals surface area contributed by atoms with Crippen molar-refractivity contribution in [1.29, 1.82) is 0 Å². The summed E-state index contributed by atoms with van der Waals surface area (Å²) in [5.41, 5.74) is 1.86. The number of piperazine rings is 1. The predicted octanol–water partition coefficient (Wildman–Crippen LogP) is 1.89. The highest BCUT2D eigenvalue weighted by Crippen LogP contribution is 2.27. The summed E-state index contributed by atoms with van der Waals surface area (Å²) in [4.78, 5) is 16.8. The predicted molar refractivity (Wildman–Crippen MR) is 96.3 cm³/mol. The van der Waals surface area contributed by atoms with Gasteiger partial charge in [-0.1, -0.05) is 11.2 Å². The highest BCUT2D eigenvalue weighted by Gasteiger charge is 2.22. The first-order chi connectivity index (χ1) is 12.6. The highest BCUT2D eigenvalue weighted by atomic mass is 16.5. The number of benzene rings is 1. The van der Waals surface area contributed by atoms with E-state index >= 15 is 0 Å². The highest BCUT2D eigenvalue weighted by molar-refractivity contribution is 5.79. The third-order valence-electron chi connectivity index (χ3n) is 4.59. The van der Waals surface area contributed by atoms with Crippen LogP contribution in [0.5, 0.6) is 11.5 Å². The van der Waals surface area contributed by atoms with Crippen molar-refractivity contribution in [2.24, 2.45) is 0 Å². The van der Waals surface area contributed by atoms with Crippen molar-refractivity contribution in [3.63, 3.8) is 0 Å². The van der Waals surface area contributed by atoms with E-state index in [4.69, 9.17) is 14.0 Å². The van der Waals surface area contributed by atoms with Crippen LogP contribution in [0.25, 0.3) is 0 Å². The van der Waals surface area contributed by atoms with Crippen LogP contribution in [0.2, 0.25) is 0 Å². The van der Waals surface area contributed by atoms with E-state index in [-0.39, 0.29) is 5.91 Å². The Kier molecular flexibility index (Phi) is 5.78. The molecule has 7 nitrogen and oxygen atoms in total. The standard InChI is InChI=1S/C19H25N3O4/c1-14-10-16(20-26-14)13-21-6-8-22(9-7-21)19(23)12-15-4-5-17(24-2)18(11-15)25-3/h4-5,10-11H,6-9,12-13H2,1-3H3. The number of aromatic nitrogens is 1. The number of nitrogens with zero attached hydrogens (tertiary/aromatic N) is 3. The number of hydrogen-bond acceptors (Lipinski definition) is 6. The maximum absolute atomic E-state index is 12.6. The van der Waals surface area contributed by atoms with Crippen molar-refractivity contribution >= 4 is 5.91 Å². The smallest absolute Gasteiger partial charge is 0.227 e. The van der Waals surface area contributed by atoms with Gasteiger partial charge in [-0.15, -0.1) is 0 Å². The fraction of sp³-hybridized carbons (Fsp3) is 0.474. The third kappa shape index (κ3) is 4.35. The van der Waals surface area contributed by atoms with E-state index in [1.165, 1.54) is 0 Å². The first-order valence-corrected chi connectivity index (χ1v) is 8.72. The zero-order valence-electron chi connectivity index (χ0n) is 15.5.